The number of halogens is 2. The van der Waals surface area contributed by atoms with E-state index in [2.05, 4.69) is 5.32 Å². The second-order valence-corrected chi connectivity index (χ2v) is 5.15. The Labute approximate surface area is 98.5 Å². The Bertz CT molecular complexity index is 445. The summed E-state index contributed by atoms with van der Waals surface area (Å²) in [6.45, 7) is 1.05. The van der Waals surface area contributed by atoms with E-state index >= 15 is 0 Å². The standard InChI is InChI=1S/C10H13F2NO3S/c1-13-6-7-16-8-2-4-9(5-3-8)17(14,15)10(11)12/h2-5,10,13H,6-7H2,1H3. The highest BCUT2D eigenvalue weighted by molar-refractivity contribution is 7.91. The van der Waals surface area contributed by atoms with E-state index in [9.17, 15) is 17.2 Å². The van der Waals surface area contributed by atoms with Crippen LogP contribution in [0.4, 0.5) is 8.78 Å². The third-order valence-electron chi connectivity index (χ3n) is 2.01. The van der Waals surface area contributed by atoms with Crippen LogP contribution in [0.5, 0.6) is 5.75 Å². The Balaban J connectivity index is 2.75. The van der Waals surface area contributed by atoms with E-state index in [4.69, 9.17) is 4.74 Å². The third kappa shape index (κ3) is 3.64. The summed E-state index contributed by atoms with van der Waals surface area (Å²) in [6.07, 6.45) is 0. The highest BCUT2D eigenvalue weighted by atomic mass is 32.2. The number of hydrogen-bond donors (Lipinski definition) is 1. The van der Waals surface area contributed by atoms with E-state index in [1.54, 1.807) is 7.05 Å². The molecule has 1 aromatic carbocycles. The van der Waals surface area contributed by atoms with Gasteiger partial charge in [-0.1, -0.05) is 0 Å². The minimum absolute atomic E-state index is 0.409. The monoisotopic (exact) mass is 265 g/mol. The molecular formula is C10H13F2NO3S. The van der Waals surface area contributed by atoms with Crippen LogP contribution in [-0.4, -0.2) is 34.4 Å². The van der Waals surface area contributed by atoms with Crippen molar-refractivity contribution in [3.63, 3.8) is 0 Å². The topological polar surface area (TPSA) is 55.4 Å². The molecule has 0 fully saturated rings. The molecule has 0 unspecified atom stereocenters. The lowest BCUT2D eigenvalue weighted by molar-refractivity contribution is 0.234. The molecule has 17 heavy (non-hydrogen) atoms. The van der Waals surface area contributed by atoms with Gasteiger partial charge in [-0.3, -0.25) is 0 Å². The van der Waals surface area contributed by atoms with Crippen molar-refractivity contribution >= 4 is 9.84 Å². The minimum atomic E-state index is -4.52. The summed E-state index contributed by atoms with van der Waals surface area (Å²) in [5.74, 6) is -2.97. The number of ether oxygens (including phenoxy) is 1. The Kier molecular flexibility index (Phi) is 4.83. The lowest BCUT2D eigenvalue weighted by atomic mass is 10.3. The minimum Gasteiger partial charge on any atom is -0.492 e. The molecule has 0 bridgehead atoms. The largest absolute Gasteiger partial charge is 0.492 e. The van der Waals surface area contributed by atoms with Crippen molar-refractivity contribution in [1.29, 1.82) is 0 Å². The van der Waals surface area contributed by atoms with Gasteiger partial charge in [0.15, 0.2) is 0 Å². The van der Waals surface area contributed by atoms with E-state index in [0.29, 0.717) is 18.9 Å². The number of sulfone groups is 1. The number of rotatable bonds is 6. The average molecular weight is 265 g/mol. The van der Waals surface area contributed by atoms with Gasteiger partial charge in [0, 0.05) is 6.54 Å². The quantitative estimate of drug-likeness (QED) is 0.787. The molecule has 1 rings (SSSR count). The maximum absolute atomic E-state index is 12.2. The Morgan fingerprint density at radius 1 is 1.29 bits per heavy atom. The second kappa shape index (κ2) is 5.92. The fourth-order valence-corrected chi connectivity index (χ4v) is 1.82. The Morgan fingerprint density at radius 2 is 1.88 bits per heavy atom. The molecule has 0 aliphatic rings. The number of alkyl halides is 2. The molecule has 0 spiro atoms. The van der Waals surface area contributed by atoms with Crippen molar-refractivity contribution in [3.8, 4) is 5.75 Å². The van der Waals surface area contributed by atoms with Gasteiger partial charge in [0.05, 0.1) is 4.90 Å². The smallest absolute Gasteiger partial charge is 0.341 e. The first-order valence-corrected chi connectivity index (χ1v) is 6.42. The van der Waals surface area contributed by atoms with Crippen LogP contribution >= 0.6 is 0 Å². The van der Waals surface area contributed by atoms with Gasteiger partial charge in [0.2, 0.25) is 9.84 Å². The first-order chi connectivity index (χ1) is 7.98. The van der Waals surface area contributed by atoms with Gasteiger partial charge in [-0.15, -0.1) is 0 Å². The van der Waals surface area contributed by atoms with Gasteiger partial charge in [0.25, 0.3) is 0 Å². The molecular weight excluding hydrogens is 252 g/mol. The molecule has 0 aliphatic heterocycles. The highest BCUT2D eigenvalue weighted by Gasteiger charge is 2.26. The van der Waals surface area contributed by atoms with Gasteiger partial charge in [-0.05, 0) is 31.3 Å². The van der Waals surface area contributed by atoms with Crippen LogP contribution in [0.3, 0.4) is 0 Å². The molecule has 0 saturated heterocycles. The van der Waals surface area contributed by atoms with Crippen LogP contribution in [0.1, 0.15) is 0 Å². The maximum Gasteiger partial charge on any atom is 0.341 e. The first-order valence-electron chi connectivity index (χ1n) is 4.88. The van der Waals surface area contributed by atoms with Crippen molar-refractivity contribution in [2.24, 2.45) is 0 Å². The molecule has 7 heteroatoms. The van der Waals surface area contributed by atoms with Crippen LogP contribution < -0.4 is 10.1 Å². The van der Waals surface area contributed by atoms with E-state index < -0.39 is 20.5 Å². The molecule has 96 valence electrons. The summed E-state index contributed by atoms with van der Waals surface area (Å²) in [6, 6.07) is 4.92. The van der Waals surface area contributed by atoms with Gasteiger partial charge >= 0.3 is 5.76 Å². The van der Waals surface area contributed by atoms with Crippen LogP contribution in [0.25, 0.3) is 0 Å². The van der Waals surface area contributed by atoms with Crippen molar-refractivity contribution in [1.82, 2.24) is 5.32 Å². The molecule has 0 amide bonds. The summed E-state index contributed by atoms with van der Waals surface area (Å²) in [5.41, 5.74) is 0. The average Bonchev–Trinajstić information content (AvgIpc) is 2.30. The van der Waals surface area contributed by atoms with Crippen LogP contribution in [0, 0.1) is 0 Å². The molecule has 0 heterocycles. The summed E-state index contributed by atoms with van der Waals surface area (Å²) in [7, 11) is -2.75. The molecule has 0 atom stereocenters. The van der Waals surface area contributed by atoms with Crippen molar-refractivity contribution < 1.29 is 21.9 Å². The van der Waals surface area contributed by atoms with Crippen LogP contribution in [0.15, 0.2) is 29.2 Å². The summed E-state index contributed by atoms with van der Waals surface area (Å²) in [5, 5.41) is 2.87. The highest BCUT2D eigenvalue weighted by Crippen LogP contribution is 2.21. The number of hydrogen-bond acceptors (Lipinski definition) is 4. The normalized spacial score (nSPS) is 11.8. The van der Waals surface area contributed by atoms with Crippen molar-refractivity contribution in [3.05, 3.63) is 24.3 Å². The Morgan fingerprint density at radius 3 is 2.35 bits per heavy atom. The lowest BCUT2D eigenvalue weighted by Gasteiger charge is -2.07. The van der Waals surface area contributed by atoms with Crippen LogP contribution in [-0.2, 0) is 9.84 Å². The Hall–Kier alpha value is -1.21. The van der Waals surface area contributed by atoms with Gasteiger partial charge in [-0.2, -0.15) is 8.78 Å². The zero-order valence-corrected chi connectivity index (χ0v) is 10.0. The fraction of sp³-hybridized carbons (Fsp3) is 0.400. The molecule has 0 radical (unpaired) electrons. The summed E-state index contributed by atoms with van der Waals surface area (Å²) < 4.78 is 51.9. The zero-order valence-electron chi connectivity index (χ0n) is 9.19. The summed E-state index contributed by atoms with van der Waals surface area (Å²) >= 11 is 0. The maximum atomic E-state index is 12.2. The summed E-state index contributed by atoms with van der Waals surface area (Å²) in [4.78, 5) is -0.409. The van der Waals surface area contributed by atoms with E-state index in [1.165, 1.54) is 12.1 Å². The van der Waals surface area contributed by atoms with Crippen LogP contribution in [0.2, 0.25) is 0 Å². The number of benzene rings is 1. The number of likely N-dealkylation sites (N-methyl/N-ethyl adjacent to an activating group) is 1. The van der Waals surface area contributed by atoms with Crippen molar-refractivity contribution in [2.75, 3.05) is 20.2 Å². The predicted octanol–water partition coefficient (Wildman–Crippen LogP) is 1.28. The SMILES string of the molecule is CNCCOc1ccc(S(=O)(=O)C(F)F)cc1. The third-order valence-corrected chi connectivity index (χ3v) is 3.41. The van der Waals surface area contributed by atoms with E-state index in [1.807, 2.05) is 0 Å². The second-order valence-electron chi connectivity index (χ2n) is 3.23. The van der Waals surface area contributed by atoms with Gasteiger partial charge < -0.3 is 10.1 Å². The van der Waals surface area contributed by atoms with E-state index in [-0.39, 0.29) is 0 Å². The van der Waals surface area contributed by atoms with Gasteiger partial charge in [0.1, 0.15) is 12.4 Å². The molecule has 4 nitrogen and oxygen atoms in total. The molecule has 1 N–H and O–H groups in total. The molecule has 0 aromatic heterocycles. The van der Waals surface area contributed by atoms with Gasteiger partial charge in [-0.25, -0.2) is 8.42 Å². The zero-order chi connectivity index (χ0) is 12.9. The fourth-order valence-electron chi connectivity index (χ4n) is 1.10. The van der Waals surface area contributed by atoms with E-state index in [0.717, 1.165) is 12.1 Å². The molecule has 1 aromatic rings. The molecule has 0 saturated carbocycles. The lowest BCUT2D eigenvalue weighted by Crippen LogP contribution is -2.16. The molecule has 0 aliphatic carbocycles. The van der Waals surface area contributed by atoms with Crippen molar-refractivity contribution in [2.45, 2.75) is 10.7 Å². The number of nitrogens with one attached hydrogen (secondary N) is 1. The first kappa shape index (κ1) is 13.9. The predicted molar refractivity (Wildman–Crippen MR) is 59.1 cm³/mol.